The van der Waals surface area contributed by atoms with E-state index in [0.29, 0.717) is 32.6 Å². The van der Waals surface area contributed by atoms with E-state index in [4.69, 9.17) is 10.2 Å². The Bertz CT molecular complexity index is 457. The van der Waals surface area contributed by atoms with E-state index in [2.05, 4.69) is 0 Å². The maximum atomic E-state index is 10.8. The van der Waals surface area contributed by atoms with Crippen molar-refractivity contribution >= 4 is 12.0 Å². The highest BCUT2D eigenvalue weighted by Crippen LogP contribution is 2.15. The third kappa shape index (κ3) is 1.93. The average molecular weight is 195 g/mol. The van der Waals surface area contributed by atoms with E-state index in [0.717, 1.165) is 0 Å². The number of hydrogen-bond acceptors (Lipinski definition) is 3. The molecule has 14 heavy (non-hydrogen) atoms. The molecule has 3 heteroatoms. The lowest BCUT2D eigenvalue weighted by Crippen LogP contribution is -2.36. The third-order valence-electron chi connectivity index (χ3n) is 2.08. The molecular formula is C11H13NO2. The van der Waals surface area contributed by atoms with Crippen molar-refractivity contribution in [3.63, 3.8) is 0 Å². The van der Waals surface area contributed by atoms with Crippen LogP contribution in [0.15, 0.2) is 24.2 Å². The second-order valence-electron chi connectivity index (χ2n) is 2.98. The van der Waals surface area contributed by atoms with E-state index < -0.39 is 0 Å². The Morgan fingerprint density at radius 1 is 1.29 bits per heavy atom. The molecule has 1 aromatic carbocycles. The van der Waals surface area contributed by atoms with Gasteiger partial charge in [0, 0.05) is 24.3 Å². The summed E-state index contributed by atoms with van der Waals surface area (Å²) < 4.78 is 36.4. The summed E-state index contributed by atoms with van der Waals surface area (Å²) in [7, 11) is 0. The molecular weight excluding hydrogens is 178 g/mol. The molecule has 1 aliphatic rings. The lowest BCUT2D eigenvalue weighted by molar-refractivity contribution is 0.112. The lowest BCUT2D eigenvalue weighted by atomic mass is 10.2. The standard InChI is InChI=1S/C11H13NO2/c13-9-10-1-3-11(4-2-10)12-5-7-14-8-6-12/h1-4,9H,5-8H2/i1D,2D,3D,4D. The van der Waals surface area contributed by atoms with Crippen LogP contribution in [0.25, 0.3) is 0 Å². The summed E-state index contributed by atoms with van der Waals surface area (Å²) in [6.45, 7) is 2.04. The number of anilines is 1. The van der Waals surface area contributed by atoms with Crippen molar-refractivity contribution in [1.82, 2.24) is 0 Å². The first-order valence-corrected chi connectivity index (χ1v) is 4.46. The molecule has 0 aliphatic carbocycles. The van der Waals surface area contributed by atoms with Gasteiger partial charge in [-0.1, -0.05) is 0 Å². The summed E-state index contributed by atoms with van der Waals surface area (Å²) in [6, 6.07) is -0.903. The number of nitrogens with zero attached hydrogens (tertiary/aromatic N) is 1. The number of aldehydes is 1. The molecule has 0 spiro atoms. The van der Waals surface area contributed by atoms with E-state index in [1.165, 1.54) is 0 Å². The Kier molecular flexibility index (Phi) is 1.67. The van der Waals surface area contributed by atoms with Crippen LogP contribution in [-0.2, 0) is 4.74 Å². The fraction of sp³-hybridized carbons (Fsp3) is 0.364. The van der Waals surface area contributed by atoms with Gasteiger partial charge < -0.3 is 9.64 Å². The molecule has 1 heterocycles. The number of carbonyl (C=O) groups excluding carboxylic acids is 1. The first-order valence-electron chi connectivity index (χ1n) is 6.46. The fourth-order valence-electron chi connectivity index (χ4n) is 1.32. The molecule has 1 aromatic rings. The van der Waals surface area contributed by atoms with E-state index in [9.17, 15) is 4.79 Å². The Hall–Kier alpha value is -1.35. The molecule has 0 bridgehead atoms. The van der Waals surface area contributed by atoms with Crippen LogP contribution < -0.4 is 4.90 Å². The SMILES string of the molecule is [2H]c1c([2H])c(N2CCOCC2)c([2H])c([2H])c1C=O. The smallest absolute Gasteiger partial charge is 0.150 e. The minimum absolute atomic E-state index is 0.167. The molecule has 0 saturated carbocycles. The Balaban J connectivity index is 2.56. The van der Waals surface area contributed by atoms with Crippen LogP contribution in [0.3, 0.4) is 0 Å². The number of hydrogen-bond donors (Lipinski definition) is 0. The van der Waals surface area contributed by atoms with Crippen molar-refractivity contribution in [2.75, 3.05) is 31.2 Å². The minimum Gasteiger partial charge on any atom is -0.378 e. The van der Waals surface area contributed by atoms with Gasteiger partial charge in [-0.25, -0.2) is 0 Å². The molecule has 0 atom stereocenters. The van der Waals surface area contributed by atoms with Gasteiger partial charge in [0.15, 0.2) is 0 Å². The average Bonchev–Trinajstić information content (AvgIpc) is 2.39. The molecule has 74 valence electrons. The first-order chi connectivity index (χ1) is 8.57. The van der Waals surface area contributed by atoms with E-state index in [-0.39, 0.29) is 35.4 Å². The van der Waals surface area contributed by atoms with Crippen LogP contribution >= 0.6 is 0 Å². The van der Waals surface area contributed by atoms with Crippen molar-refractivity contribution in [3.8, 4) is 0 Å². The minimum atomic E-state index is -0.285. The van der Waals surface area contributed by atoms with Gasteiger partial charge in [-0.05, 0) is 24.2 Å². The van der Waals surface area contributed by atoms with Gasteiger partial charge in [0.05, 0.1) is 18.7 Å². The molecule has 1 fully saturated rings. The summed E-state index contributed by atoms with van der Waals surface area (Å²) in [5.74, 6) is 0. The second kappa shape index (κ2) is 4.24. The number of benzene rings is 1. The van der Waals surface area contributed by atoms with Crippen LogP contribution in [-0.4, -0.2) is 32.6 Å². The Morgan fingerprint density at radius 3 is 2.50 bits per heavy atom. The number of morpholine rings is 1. The zero-order valence-electron chi connectivity index (χ0n) is 11.7. The summed E-state index contributed by atoms with van der Waals surface area (Å²) >= 11 is 0. The molecule has 3 nitrogen and oxygen atoms in total. The maximum Gasteiger partial charge on any atom is 0.150 e. The highest BCUT2D eigenvalue weighted by Gasteiger charge is 2.10. The third-order valence-corrected chi connectivity index (χ3v) is 2.08. The van der Waals surface area contributed by atoms with Gasteiger partial charge in [-0.2, -0.15) is 0 Å². The zero-order valence-corrected chi connectivity index (χ0v) is 7.67. The predicted octanol–water partition coefficient (Wildman–Crippen LogP) is 1.34. The van der Waals surface area contributed by atoms with Gasteiger partial charge in [0.1, 0.15) is 6.29 Å². The quantitative estimate of drug-likeness (QED) is 0.667. The highest BCUT2D eigenvalue weighted by molar-refractivity contribution is 5.75. The number of carbonyl (C=O) groups is 1. The largest absolute Gasteiger partial charge is 0.378 e. The number of ether oxygens (including phenoxy) is 1. The molecule has 0 unspecified atom stereocenters. The topological polar surface area (TPSA) is 29.5 Å². The first kappa shape index (κ1) is 5.51. The van der Waals surface area contributed by atoms with Crippen LogP contribution in [0.4, 0.5) is 5.69 Å². The maximum absolute atomic E-state index is 10.8. The second-order valence-corrected chi connectivity index (χ2v) is 2.98. The highest BCUT2D eigenvalue weighted by atomic mass is 16.5. The van der Waals surface area contributed by atoms with Gasteiger partial charge in [-0.15, -0.1) is 0 Å². The summed E-state index contributed by atoms with van der Waals surface area (Å²) in [4.78, 5) is 12.6. The Labute approximate surface area is 88.9 Å². The molecule has 0 amide bonds. The van der Waals surface area contributed by atoms with Gasteiger partial charge >= 0.3 is 0 Å². The monoisotopic (exact) mass is 195 g/mol. The summed E-state index contributed by atoms with van der Waals surface area (Å²) in [6.07, 6.45) is 0.365. The normalized spacial score (nSPS) is 20.7. The van der Waals surface area contributed by atoms with Crippen LogP contribution in [0.5, 0.6) is 0 Å². The van der Waals surface area contributed by atoms with Gasteiger partial charge in [0.25, 0.3) is 0 Å². The summed E-state index contributed by atoms with van der Waals surface area (Å²) in [5, 5.41) is 0. The van der Waals surface area contributed by atoms with Crippen LogP contribution in [0.2, 0.25) is 0 Å². The van der Waals surface area contributed by atoms with Gasteiger partial charge in [-0.3, -0.25) is 4.79 Å². The predicted molar refractivity (Wildman–Crippen MR) is 54.9 cm³/mol. The van der Waals surface area contributed by atoms with E-state index in [1.807, 2.05) is 0 Å². The fourth-order valence-corrected chi connectivity index (χ4v) is 1.32. The van der Waals surface area contributed by atoms with Crippen molar-refractivity contribution in [2.24, 2.45) is 0 Å². The molecule has 1 saturated heterocycles. The summed E-state index contributed by atoms with van der Waals surface area (Å²) in [5.41, 5.74) is 0.0564. The van der Waals surface area contributed by atoms with Crippen molar-refractivity contribution in [3.05, 3.63) is 29.7 Å². The van der Waals surface area contributed by atoms with Crippen molar-refractivity contribution in [2.45, 2.75) is 0 Å². The number of rotatable bonds is 2. The van der Waals surface area contributed by atoms with Crippen molar-refractivity contribution in [1.29, 1.82) is 0 Å². The molecule has 0 aromatic heterocycles. The molecule has 0 radical (unpaired) electrons. The van der Waals surface area contributed by atoms with Crippen molar-refractivity contribution < 1.29 is 15.0 Å². The van der Waals surface area contributed by atoms with Crippen LogP contribution in [0, 0.1) is 0 Å². The zero-order chi connectivity index (χ0) is 13.3. The lowest BCUT2D eigenvalue weighted by Gasteiger charge is -2.28. The van der Waals surface area contributed by atoms with E-state index >= 15 is 0 Å². The molecule has 1 aliphatic heterocycles. The van der Waals surface area contributed by atoms with E-state index in [1.54, 1.807) is 4.90 Å². The molecule has 2 rings (SSSR count). The van der Waals surface area contributed by atoms with Crippen LogP contribution in [0.1, 0.15) is 15.8 Å². The molecule has 0 N–H and O–H groups in total. The Morgan fingerprint density at radius 2 is 1.93 bits per heavy atom. The van der Waals surface area contributed by atoms with Gasteiger partial charge in [0.2, 0.25) is 0 Å².